The second-order valence-corrected chi connectivity index (χ2v) is 9.74. The maximum Gasteiger partial charge on any atom is 0.294 e. The highest BCUT2D eigenvalue weighted by Crippen LogP contribution is 2.20. The number of quaternary nitrogens is 1. The number of nitrogens with zero attached hydrogens (tertiary/aromatic N) is 1. The van der Waals surface area contributed by atoms with E-state index in [2.05, 4.69) is 32.4 Å². The molecule has 2 N–H and O–H groups in total. The van der Waals surface area contributed by atoms with Crippen molar-refractivity contribution in [2.24, 2.45) is 0 Å². The molecule has 1 heterocycles. The Morgan fingerprint density at radius 3 is 2.14 bits per heavy atom. The van der Waals surface area contributed by atoms with E-state index >= 15 is 0 Å². The van der Waals surface area contributed by atoms with E-state index in [-0.39, 0.29) is 4.90 Å². The third kappa shape index (κ3) is 11.3. The van der Waals surface area contributed by atoms with Gasteiger partial charge in [0.05, 0.1) is 24.5 Å². The maximum absolute atomic E-state index is 10.5. The molecule has 0 radical (unpaired) electrons. The Balaban J connectivity index is 0.000000326. The predicted molar refractivity (Wildman–Crippen MR) is 127 cm³/mol. The first-order chi connectivity index (χ1) is 13.8. The van der Waals surface area contributed by atoms with E-state index in [4.69, 9.17) is 9.66 Å². The average molecular weight is 536 g/mol. The van der Waals surface area contributed by atoms with Crippen molar-refractivity contribution in [2.75, 3.05) is 32.8 Å². The summed E-state index contributed by atoms with van der Waals surface area (Å²) in [6.07, 6.45) is 10.3. The molecule has 2 rings (SSSR count). The van der Waals surface area contributed by atoms with Crippen LogP contribution in [0, 0.1) is 16.8 Å². The van der Waals surface area contributed by atoms with Crippen LogP contribution in [-0.2, 0) is 10.1 Å². The number of aliphatic hydroxyl groups is 1. The Bertz CT molecular complexity index is 732. The maximum atomic E-state index is 10.5. The number of unbranched alkanes of at least 4 members (excludes halogenated alkanes) is 4. The summed E-state index contributed by atoms with van der Waals surface area (Å²) in [5.41, 5.74) is 0.956. The molecule has 0 bridgehead atoms. The first-order valence-corrected chi connectivity index (χ1v) is 12.9. The largest absolute Gasteiger partial charge is 0.396 e. The molecule has 0 atom stereocenters. The summed E-state index contributed by atoms with van der Waals surface area (Å²) in [7, 11) is -4.02. The van der Waals surface area contributed by atoms with Crippen molar-refractivity contribution in [3.63, 3.8) is 0 Å². The molecule has 5 nitrogen and oxygen atoms in total. The predicted octanol–water partition coefficient (Wildman–Crippen LogP) is 4.57. The molecule has 0 aliphatic carbocycles. The van der Waals surface area contributed by atoms with E-state index in [1.54, 1.807) is 12.1 Å². The van der Waals surface area contributed by atoms with E-state index in [0.717, 1.165) is 18.5 Å². The van der Waals surface area contributed by atoms with Gasteiger partial charge in [0.2, 0.25) is 0 Å². The SMILES string of the molecule is Cc1ccc(S(=O)(=O)O)cc1.OCCCCCCC[N+]1(CC#CI)CCCCC1. The summed E-state index contributed by atoms with van der Waals surface area (Å²) >= 11 is 2.16. The van der Waals surface area contributed by atoms with Gasteiger partial charge in [0.25, 0.3) is 10.1 Å². The third-order valence-corrected chi connectivity index (χ3v) is 6.60. The van der Waals surface area contributed by atoms with Crippen LogP contribution in [0.4, 0.5) is 0 Å². The molecule has 164 valence electrons. The van der Waals surface area contributed by atoms with E-state index in [1.165, 1.54) is 81.2 Å². The molecule has 1 aromatic rings. The number of piperidine rings is 1. The lowest BCUT2D eigenvalue weighted by Gasteiger charge is -2.40. The molecule has 0 aromatic heterocycles. The van der Waals surface area contributed by atoms with Crippen molar-refractivity contribution in [3.05, 3.63) is 29.8 Å². The number of benzene rings is 1. The van der Waals surface area contributed by atoms with Gasteiger partial charge < -0.3 is 9.59 Å². The Morgan fingerprint density at radius 2 is 1.59 bits per heavy atom. The van der Waals surface area contributed by atoms with Gasteiger partial charge in [0.1, 0.15) is 6.54 Å². The first-order valence-electron chi connectivity index (χ1n) is 10.4. The lowest BCUT2D eigenvalue weighted by atomic mass is 10.1. The number of hydrogen-bond acceptors (Lipinski definition) is 3. The Morgan fingerprint density at radius 1 is 1.00 bits per heavy atom. The zero-order chi connectivity index (χ0) is 21.6. The van der Waals surface area contributed by atoms with E-state index < -0.39 is 10.1 Å². The van der Waals surface area contributed by atoms with Crippen molar-refractivity contribution in [3.8, 4) is 9.85 Å². The second kappa shape index (κ2) is 14.4. The smallest absolute Gasteiger partial charge is 0.294 e. The Kier molecular flexibility index (Phi) is 13.1. The summed E-state index contributed by atoms with van der Waals surface area (Å²) < 4.78 is 33.8. The van der Waals surface area contributed by atoms with Gasteiger partial charge in [0.15, 0.2) is 0 Å². The number of aryl methyl sites for hydroxylation is 1. The number of rotatable bonds is 9. The van der Waals surface area contributed by atoms with Gasteiger partial charge in [0, 0.05) is 29.2 Å². The molecule has 1 fully saturated rings. The lowest BCUT2D eigenvalue weighted by molar-refractivity contribution is -0.926. The van der Waals surface area contributed by atoms with Gasteiger partial charge in [-0.3, -0.25) is 4.55 Å². The number of hydrogen-bond donors (Lipinski definition) is 2. The quantitative estimate of drug-likeness (QED) is 0.160. The first kappa shape index (κ1) is 26.4. The number of halogens is 1. The molecule has 29 heavy (non-hydrogen) atoms. The minimum atomic E-state index is -4.02. The van der Waals surface area contributed by atoms with Crippen molar-refractivity contribution in [1.82, 2.24) is 0 Å². The summed E-state index contributed by atoms with van der Waals surface area (Å²) in [5.74, 6) is 3.30. The fourth-order valence-corrected chi connectivity index (χ4v) is 4.29. The molecule has 1 saturated heterocycles. The van der Waals surface area contributed by atoms with Crippen LogP contribution in [-0.4, -0.2) is 55.3 Å². The normalized spacial score (nSPS) is 15.6. The van der Waals surface area contributed by atoms with Crippen LogP contribution in [0.25, 0.3) is 0 Å². The van der Waals surface area contributed by atoms with E-state index in [1.807, 2.05) is 6.92 Å². The monoisotopic (exact) mass is 536 g/mol. The molecular formula is C22H35INO4S+. The molecule has 0 spiro atoms. The van der Waals surface area contributed by atoms with Crippen LogP contribution in [0.3, 0.4) is 0 Å². The van der Waals surface area contributed by atoms with Crippen molar-refractivity contribution in [1.29, 1.82) is 0 Å². The molecule has 0 unspecified atom stereocenters. The molecule has 0 amide bonds. The Hall–Kier alpha value is -0.660. The molecule has 1 aliphatic heterocycles. The molecule has 0 saturated carbocycles. The zero-order valence-corrected chi connectivity index (χ0v) is 20.4. The minimum Gasteiger partial charge on any atom is -0.396 e. The standard InChI is InChI=1S/C15H27INO.C7H8O3S/c16-10-9-14-17(12-6-4-7-13-17)11-5-2-1-3-8-15-18;1-6-2-4-7(5-3-6)11(8,9)10/h18H,1-8,11-15H2;2-5H,1H3,(H,8,9,10)/q+1;. The topological polar surface area (TPSA) is 74.6 Å². The van der Waals surface area contributed by atoms with Gasteiger partial charge in [-0.25, -0.2) is 0 Å². The molecular weight excluding hydrogens is 501 g/mol. The number of likely N-dealkylation sites (tertiary alicyclic amines) is 1. The highest BCUT2D eigenvalue weighted by molar-refractivity contribution is 14.1. The summed E-state index contributed by atoms with van der Waals surface area (Å²) in [6, 6.07) is 5.99. The zero-order valence-electron chi connectivity index (χ0n) is 17.4. The summed E-state index contributed by atoms with van der Waals surface area (Å²) in [5, 5.41) is 8.75. The van der Waals surface area contributed by atoms with E-state index in [0.29, 0.717) is 6.61 Å². The van der Waals surface area contributed by atoms with Crippen LogP contribution in [0.2, 0.25) is 0 Å². The van der Waals surface area contributed by atoms with Gasteiger partial charge in [-0.1, -0.05) is 30.5 Å². The van der Waals surface area contributed by atoms with Crippen molar-refractivity contribution in [2.45, 2.75) is 63.2 Å². The van der Waals surface area contributed by atoms with Crippen LogP contribution < -0.4 is 0 Å². The van der Waals surface area contributed by atoms with E-state index in [9.17, 15) is 8.42 Å². The summed E-state index contributed by atoms with van der Waals surface area (Å²) in [4.78, 5) is -0.0666. The lowest BCUT2D eigenvalue weighted by Crippen LogP contribution is -2.52. The fourth-order valence-electron chi connectivity index (χ4n) is 3.64. The van der Waals surface area contributed by atoms with Gasteiger partial charge in [-0.2, -0.15) is 8.42 Å². The fraction of sp³-hybridized carbons (Fsp3) is 0.636. The Labute approximate surface area is 190 Å². The van der Waals surface area contributed by atoms with Crippen LogP contribution in [0.5, 0.6) is 0 Å². The second-order valence-electron chi connectivity index (χ2n) is 7.78. The van der Waals surface area contributed by atoms with Crippen LogP contribution >= 0.6 is 22.6 Å². The molecule has 7 heteroatoms. The van der Waals surface area contributed by atoms with Crippen LogP contribution in [0.15, 0.2) is 29.2 Å². The summed E-state index contributed by atoms with van der Waals surface area (Å²) in [6.45, 7) is 7.23. The minimum absolute atomic E-state index is 0.0666. The van der Waals surface area contributed by atoms with Crippen LogP contribution in [0.1, 0.15) is 56.9 Å². The highest BCUT2D eigenvalue weighted by Gasteiger charge is 2.28. The van der Waals surface area contributed by atoms with Gasteiger partial charge >= 0.3 is 0 Å². The van der Waals surface area contributed by atoms with Gasteiger partial charge in [-0.05, 0) is 67.4 Å². The highest BCUT2D eigenvalue weighted by atomic mass is 127. The van der Waals surface area contributed by atoms with Crippen molar-refractivity contribution < 1.29 is 22.6 Å². The third-order valence-electron chi connectivity index (χ3n) is 5.36. The average Bonchev–Trinajstić information content (AvgIpc) is 2.70. The van der Waals surface area contributed by atoms with Crippen molar-refractivity contribution >= 4 is 32.7 Å². The molecule has 1 aromatic carbocycles. The van der Waals surface area contributed by atoms with Gasteiger partial charge in [-0.15, -0.1) is 0 Å². The number of aliphatic hydroxyl groups excluding tert-OH is 1. The molecule has 1 aliphatic rings.